The molecule has 104 valence electrons. The predicted molar refractivity (Wildman–Crippen MR) is 76.5 cm³/mol. The second kappa shape index (κ2) is 5.98. The molecule has 0 saturated heterocycles. The maximum Gasteiger partial charge on any atom is 0.343 e. The van der Waals surface area contributed by atoms with E-state index in [9.17, 15) is 4.79 Å². The van der Waals surface area contributed by atoms with Crippen molar-refractivity contribution >= 4 is 34.9 Å². The van der Waals surface area contributed by atoms with Crippen LogP contribution in [-0.2, 0) is 4.74 Å². The van der Waals surface area contributed by atoms with Crippen molar-refractivity contribution in [3.63, 3.8) is 0 Å². The van der Waals surface area contributed by atoms with Gasteiger partial charge in [0.1, 0.15) is 11.3 Å². The second-order valence-corrected chi connectivity index (χ2v) is 4.61. The summed E-state index contributed by atoms with van der Waals surface area (Å²) < 4.78 is 10.2. The number of nitrogens with two attached hydrogens (primary N) is 1. The highest BCUT2D eigenvalue weighted by molar-refractivity contribution is 6.42. The molecule has 2 rings (SSSR count). The number of aromatic nitrogens is 1. The number of nitrogen functional groups attached to an aromatic ring is 1. The molecule has 0 fully saturated rings. The number of rotatable bonds is 3. The fourth-order valence-corrected chi connectivity index (χ4v) is 1.75. The van der Waals surface area contributed by atoms with E-state index in [0.717, 1.165) is 0 Å². The van der Waals surface area contributed by atoms with Crippen LogP contribution < -0.4 is 10.5 Å². The van der Waals surface area contributed by atoms with Crippen molar-refractivity contribution in [1.29, 1.82) is 0 Å². The lowest BCUT2D eigenvalue weighted by molar-refractivity contribution is 0.0597. The first kappa shape index (κ1) is 14.4. The molecule has 0 spiro atoms. The molecular formula is C13H10Cl2N2O3. The Balaban J connectivity index is 2.37. The van der Waals surface area contributed by atoms with Crippen molar-refractivity contribution in [1.82, 2.24) is 4.98 Å². The molecule has 0 saturated carbocycles. The maximum atomic E-state index is 11.7. The maximum absolute atomic E-state index is 11.7. The second-order valence-electron chi connectivity index (χ2n) is 3.79. The zero-order valence-electron chi connectivity index (χ0n) is 10.4. The molecule has 2 aromatic rings. The van der Waals surface area contributed by atoms with Crippen LogP contribution in [-0.4, -0.2) is 18.1 Å². The number of anilines is 1. The van der Waals surface area contributed by atoms with Crippen LogP contribution in [0.4, 0.5) is 5.69 Å². The van der Waals surface area contributed by atoms with E-state index < -0.39 is 5.97 Å². The lowest BCUT2D eigenvalue weighted by Gasteiger charge is -2.10. The van der Waals surface area contributed by atoms with Crippen molar-refractivity contribution in [2.24, 2.45) is 0 Å². The summed E-state index contributed by atoms with van der Waals surface area (Å²) in [6.07, 6.45) is 1.37. The average molecular weight is 313 g/mol. The summed E-state index contributed by atoms with van der Waals surface area (Å²) >= 11 is 11.7. The number of hydrogen-bond acceptors (Lipinski definition) is 5. The van der Waals surface area contributed by atoms with Crippen molar-refractivity contribution in [2.75, 3.05) is 12.8 Å². The third-order valence-corrected chi connectivity index (χ3v) is 3.12. The first-order valence-corrected chi connectivity index (χ1v) is 6.23. The Morgan fingerprint density at radius 3 is 2.65 bits per heavy atom. The minimum absolute atomic E-state index is 0.0736. The third-order valence-electron chi connectivity index (χ3n) is 2.38. The van der Waals surface area contributed by atoms with Crippen molar-refractivity contribution < 1.29 is 14.3 Å². The first-order chi connectivity index (χ1) is 9.51. The zero-order valence-corrected chi connectivity index (χ0v) is 11.9. The molecule has 0 radical (unpaired) electrons. The molecule has 0 aliphatic rings. The van der Waals surface area contributed by atoms with E-state index in [4.69, 9.17) is 33.7 Å². The van der Waals surface area contributed by atoms with Gasteiger partial charge in [-0.05, 0) is 18.2 Å². The molecule has 0 atom stereocenters. The molecule has 1 aromatic carbocycles. The number of carbonyl (C=O) groups excluding carboxylic acids is 1. The smallest absolute Gasteiger partial charge is 0.343 e. The van der Waals surface area contributed by atoms with Gasteiger partial charge in [0.2, 0.25) is 5.88 Å². The van der Waals surface area contributed by atoms with Gasteiger partial charge >= 0.3 is 5.97 Å². The van der Waals surface area contributed by atoms with Gasteiger partial charge in [-0.2, -0.15) is 0 Å². The van der Waals surface area contributed by atoms with E-state index in [0.29, 0.717) is 21.5 Å². The SMILES string of the molecule is COC(=O)c1cc(N)cnc1Oc1ccc(Cl)c(Cl)c1. The number of hydrogen-bond donors (Lipinski definition) is 1. The Hall–Kier alpha value is -1.98. The monoisotopic (exact) mass is 312 g/mol. The summed E-state index contributed by atoms with van der Waals surface area (Å²) in [6.45, 7) is 0. The molecule has 5 nitrogen and oxygen atoms in total. The minimum Gasteiger partial charge on any atom is -0.465 e. The van der Waals surface area contributed by atoms with Crippen molar-refractivity contribution in [3.8, 4) is 11.6 Å². The van der Waals surface area contributed by atoms with Crippen LogP contribution >= 0.6 is 23.2 Å². The van der Waals surface area contributed by atoms with Crippen LogP contribution in [0, 0.1) is 0 Å². The predicted octanol–water partition coefficient (Wildman–Crippen LogP) is 3.55. The van der Waals surface area contributed by atoms with Gasteiger partial charge in [0.25, 0.3) is 0 Å². The highest BCUT2D eigenvalue weighted by Gasteiger charge is 2.16. The molecule has 0 amide bonds. The molecular weight excluding hydrogens is 303 g/mol. The Morgan fingerprint density at radius 2 is 2.00 bits per heavy atom. The van der Waals surface area contributed by atoms with Crippen molar-refractivity contribution in [2.45, 2.75) is 0 Å². The topological polar surface area (TPSA) is 74.4 Å². The summed E-state index contributed by atoms with van der Waals surface area (Å²) in [5, 5.41) is 0.733. The van der Waals surface area contributed by atoms with Crippen LogP contribution in [0.5, 0.6) is 11.6 Å². The standard InChI is InChI=1S/C13H10Cl2N2O3/c1-19-13(18)9-4-7(16)6-17-12(9)20-8-2-3-10(14)11(15)5-8/h2-6H,16H2,1H3. The van der Waals surface area contributed by atoms with Gasteiger partial charge in [0.15, 0.2) is 0 Å². The molecule has 0 bridgehead atoms. The van der Waals surface area contributed by atoms with Crippen LogP contribution in [0.15, 0.2) is 30.5 Å². The molecule has 2 N–H and O–H groups in total. The highest BCUT2D eigenvalue weighted by Crippen LogP contribution is 2.30. The van der Waals surface area contributed by atoms with E-state index >= 15 is 0 Å². The summed E-state index contributed by atoms with van der Waals surface area (Å²) in [6, 6.07) is 6.12. The van der Waals surface area contributed by atoms with Gasteiger partial charge in [0.05, 0.1) is 29.0 Å². The van der Waals surface area contributed by atoms with Crippen LogP contribution in [0.3, 0.4) is 0 Å². The summed E-state index contributed by atoms with van der Waals surface area (Å²) in [7, 11) is 1.26. The third kappa shape index (κ3) is 3.12. The fourth-order valence-electron chi connectivity index (χ4n) is 1.46. The van der Waals surface area contributed by atoms with E-state index in [1.54, 1.807) is 12.1 Å². The number of esters is 1. The van der Waals surface area contributed by atoms with E-state index in [2.05, 4.69) is 9.72 Å². The molecule has 0 unspecified atom stereocenters. The molecule has 1 aromatic heterocycles. The van der Waals surface area contributed by atoms with E-state index in [1.165, 1.54) is 25.4 Å². The van der Waals surface area contributed by atoms with Crippen LogP contribution in [0.25, 0.3) is 0 Å². The number of halogens is 2. The lowest BCUT2D eigenvalue weighted by atomic mass is 10.2. The first-order valence-electron chi connectivity index (χ1n) is 5.48. The number of nitrogens with zero attached hydrogens (tertiary/aromatic N) is 1. The molecule has 0 aliphatic heterocycles. The Labute approximate surface area is 125 Å². The number of methoxy groups -OCH3 is 1. The van der Waals surface area contributed by atoms with E-state index in [-0.39, 0.29) is 11.4 Å². The Bertz CT molecular complexity index is 662. The minimum atomic E-state index is -0.597. The van der Waals surface area contributed by atoms with Gasteiger partial charge in [0, 0.05) is 6.07 Å². The number of benzene rings is 1. The van der Waals surface area contributed by atoms with Crippen LogP contribution in [0.1, 0.15) is 10.4 Å². The van der Waals surface area contributed by atoms with Gasteiger partial charge in [-0.25, -0.2) is 9.78 Å². The highest BCUT2D eigenvalue weighted by atomic mass is 35.5. The molecule has 7 heteroatoms. The Kier molecular flexibility index (Phi) is 4.32. The van der Waals surface area contributed by atoms with Gasteiger partial charge in [-0.1, -0.05) is 23.2 Å². The van der Waals surface area contributed by atoms with E-state index in [1.807, 2.05) is 0 Å². The zero-order chi connectivity index (χ0) is 14.7. The number of ether oxygens (including phenoxy) is 2. The van der Waals surface area contributed by atoms with Crippen LogP contribution in [0.2, 0.25) is 10.0 Å². The average Bonchev–Trinajstić information content (AvgIpc) is 2.44. The number of pyridine rings is 1. The summed E-state index contributed by atoms with van der Waals surface area (Å²) in [4.78, 5) is 15.6. The number of carbonyl (C=O) groups is 1. The largest absolute Gasteiger partial charge is 0.465 e. The van der Waals surface area contributed by atoms with Gasteiger partial charge in [-0.15, -0.1) is 0 Å². The fraction of sp³-hybridized carbons (Fsp3) is 0.0769. The lowest BCUT2D eigenvalue weighted by Crippen LogP contribution is -2.06. The van der Waals surface area contributed by atoms with Gasteiger partial charge in [-0.3, -0.25) is 0 Å². The van der Waals surface area contributed by atoms with Gasteiger partial charge < -0.3 is 15.2 Å². The molecule has 1 heterocycles. The summed E-state index contributed by atoms with van der Waals surface area (Å²) in [5.74, 6) is -0.133. The summed E-state index contributed by atoms with van der Waals surface area (Å²) in [5.41, 5.74) is 6.04. The normalized spacial score (nSPS) is 10.2. The quantitative estimate of drug-likeness (QED) is 0.877. The Morgan fingerprint density at radius 1 is 1.25 bits per heavy atom. The molecule has 0 aliphatic carbocycles. The van der Waals surface area contributed by atoms with Crippen molar-refractivity contribution in [3.05, 3.63) is 46.1 Å². The molecule has 20 heavy (non-hydrogen) atoms.